The molecule has 0 atom stereocenters. The Bertz CT molecular complexity index is 348. The zero-order valence-corrected chi connectivity index (χ0v) is 6.97. The molecule has 1 aromatic rings. The maximum atomic E-state index is 13.0. The molecule has 0 spiro atoms. The predicted octanol–water partition coefficient (Wildman–Crippen LogP) is 2.23. The minimum Gasteiger partial charge on any atom is -0.478 e. The second-order valence-electron chi connectivity index (χ2n) is 2.58. The standard InChI is InChI=1S/C9H8F2O2/c1-2-5-3-8(11)6(9(12)13)4-7(5)10/h3-4H,2H2,1H3,(H,12,13). The lowest BCUT2D eigenvalue weighted by molar-refractivity contribution is 0.0691. The molecule has 2 nitrogen and oxygen atoms in total. The molecule has 4 heteroatoms. The van der Waals surface area contributed by atoms with Gasteiger partial charge in [0.1, 0.15) is 11.6 Å². The number of rotatable bonds is 2. The lowest BCUT2D eigenvalue weighted by Gasteiger charge is -2.02. The molecule has 0 saturated heterocycles. The van der Waals surface area contributed by atoms with E-state index < -0.39 is 23.2 Å². The molecule has 0 aliphatic rings. The Morgan fingerprint density at radius 2 is 2.00 bits per heavy atom. The minimum atomic E-state index is -1.46. The first kappa shape index (κ1) is 9.64. The summed E-state index contributed by atoms with van der Waals surface area (Å²) in [6.07, 6.45) is 0.336. The van der Waals surface area contributed by atoms with Crippen LogP contribution in [0.1, 0.15) is 22.8 Å². The van der Waals surface area contributed by atoms with E-state index in [-0.39, 0.29) is 5.56 Å². The predicted molar refractivity (Wildman–Crippen MR) is 42.7 cm³/mol. The van der Waals surface area contributed by atoms with Crippen molar-refractivity contribution in [2.45, 2.75) is 13.3 Å². The molecule has 1 N–H and O–H groups in total. The van der Waals surface area contributed by atoms with Crippen LogP contribution < -0.4 is 0 Å². The van der Waals surface area contributed by atoms with Crippen LogP contribution in [0.15, 0.2) is 12.1 Å². The van der Waals surface area contributed by atoms with Gasteiger partial charge >= 0.3 is 5.97 Å². The molecule has 0 aromatic heterocycles. The van der Waals surface area contributed by atoms with E-state index in [9.17, 15) is 13.6 Å². The summed E-state index contributed by atoms with van der Waals surface area (Å²) in [5.74, 6) is -3.04. The monoisotopic (exact) mass is 186 g/mol. The Labute approximate surface area is 73.8 Å². The van der Waals surface area contributed by atoms with Gasteiger partial charge in [0.15, 0.2) is 0 Å². The van der Waals surface area contributed by atoms with E-state index in [4.69, 9.17) is 5.11 Å². The zero-order chi connectivity index (χ0) is 10.0. The number of hydrogen-bond donors (Lipinski definition) is 1. The van der Waals surface area contributed by atoms with Gasteiger partial charge in [-0.2, -0.15) is 0 Å². The van der Waals surface area contributed by atoms with E-state index in [2.05, 4.69) is 0 Å². The molecule has 0 aliphatic heterocycles. The van der Waals surface area contributed by atoms with Crippen LogP contribution in [0.4, 0.5) is 8.78 Å². The summed E-state index contributed by atoms with van der Waals surface area (Å²) in [4.78, 5) is 10.4. The summed E-state index contributed by atoms with van der Waals surface area (Å²) in [7, 11) is 0. The van der Waals surface area contributed by atoms with Gasteiger partial charge in [0.2, 0.25) is 0 Å². The number of aryl methyl sites for hydroxylation is 1. The summed E-state index contributed by atoms with van der Waals surface area (Å²) in [5, 5.41) is 8.45. The first-order valence-electron chi connectivity index (χ1n) is 3.77. The molecule has 0 fully saturated rings. The molecule has 1 aromatic carbocycles. The van der Waals surface area contributed by atoms with Crippen molar-refractivity contribution in [1.29, 1.82) is 0 Å². The highest BCUT2D eigenvalue weighted by atomic mass is 19.1. The van der Waals surface area contributed by atoms with Crippen molar-refractivity contribution in [3.05, 3.63) is 34.9 Å². The van der Waals surface area contributed by atoms with Crippen LogP contribution in [0.25, 0.3) is 0 Å². The summed E-state index contributed by atoms with van der Waals surface area (Å²) in [6.45, 7) is 1.66. The minimum absolute atomic E-state index is 0.183. The van der Waals surface area contributed by atoms with E-state index in [1.165, 1.54) is 0 Å². The number of benzene rings is 1. The summed E-state index contributed by atoms with van der Waals surface area (Å²) in [5.41, 5.74) is -0.447. The van der Waals surface area contributed by atoms with Crippen LogP contribution in [0.2, 0.25) is 0 Å². The molecule has 0 radical (unpaired) electrons. The maximum Gasteiger partial charge on any atom is 0.338 e. The van der Waals surface area contributed by atoms with Crippen LogP contribution >= 0.6 is 0 Å². The molecule has 0 bridgehead atoms. The molecule has 0 aliphatic carbocycles. The van der Waals surface area contributed by atoms with E-state index >= 15 is 0 Å². The number of hydrogen-bond acceptors (Lipinski definition) is 1. The second-order valence-corrected chi connectivity index (χ2v) is 2.58. The van der Waals surface area contributed by atoms with Crippen LogP contribution in [0, 0.1) is 11.6 Å². The lowest BCUT2D eigenvalue weighted by Crippen LogP contribution is -2.03. The second kappa shape index (κ2) is 3.51. The number of carboxylic acid groups (broad SMARTS) is 1. The number of aromatic carboxylic acids is 1. The first-order chi connectivity index (χ1) is 6.06. The van der Waals surface area contributed by atoms with Gasteiger partial charge < -0.3 is 5.11 Å². The fourth-order valence-electron chi connectivity index (χ4n) is 1.02. The topological polar surface area (TPSA) is 37.3 Å². The van der Waals surface area contributed by atoms with Gasteiger partial charge in [0.05, 0.1) is 5.56 Å². The molecular weight excluding hydrogens is 178 g/mol. The maximum absolute atomic E-state index is 13.0. The smallest absolute Gasteiger partial charge is 0.338 e. The average molecular weight is 186 g/mol. The Kier molecular flexibility index (Phi) is 2.60. The third-order valence-corrected chi connectivity index (χ3v) is 1.75. The Morgan fingerprint density at radius 3 is 2.46 bits per heavy atom. The molecule has 70 valence electrons. The third-order valence-electron chi connectivity index (χ3n) is 1.75. The van der Waals surface area contributed by atoms with Gasteiger partial charge in [-0.05, 0) is 24.1 Å². The third kappa shape index (κ3) is 1.83. The largest absolute Gasteiger partial charge is 0.478 e. The molecular formula is C9H8F2O2. The first-order valence-corrected chi connectivity index (χ1v) is 3.77. The van der Waals surface area contributed by atoms with Crippen LogP contribution in [-0.4, -0.2) is 11.1 Å². The molecule has 0 unspecified atom stereocenters. The zero-order valence-electron chi connectivity index (χ0n) is 6.97. The number of halogens is 2. The van der Waals surface area contributed by atoms with Crippen LogP contribution in [0.5, 0.6) is 0 Å². The van der Waals surface area contributed by atoms with E-state index in [0.717, 1.165) is 6.07 Å². The van der Waals surface area contributed by atoms with Gasteiger partial charge in [0.25, 0.3) is 0 Å². The van der Waals surface area contributed by atoms with Crippen molar-refractivity contribution < 1.29 is 18.7 Å². The number of carboxylic acids is 1. The Morgan fingerprint density at radius 1 is 1.38 bits per heavy atom. The fraction of sp³-hybridized carbons (Fsp3) is 0.222. The van der Waals surface area contributed by atoms with Gasteiger partial charge in [-0.25, -0.2) is 13.6 Å². The van der Waals surface area contributed by atoms with E-state index in [1.807, 2.05) is 0 Å². The highest BCUT2D eigenvalue weighted by Gasteiger charge is 2.13. The number of carbonyl (C=O) groups is 1. The molecule has 0 saturated carbocycles. The summed E-state index contributed by atoms with van der Waals surface area (Å²) >= 11 is 0. The van der Waals surface area contributed by atoms with Crippen molar-refractivity contribution in [3.8, 4) is 0 Å². The normalized spacial score (nSPS) is 10.1. The van der Waals surface area contributed by atoms with Crippen LogP contribution in [0.3, 0.4) is 0 Å². The van der Waals surface area contributed by atoms with E-state index in [1.54, 1.807) is 6.92 Å². The summed E-state index contributed by atoms with van der Waals surface area (Å²) in [6, 6.07) is 1.62. The van der Waals surface area contributed by atoms with E-state index in [0.29, 0.717) is 12.5 Å². The molecule has 0 amide bonds. The van der Waals surface area contributed by atoms with Gasteiger partial charge in [-0.15, -0.1) is 0 Å². The SMILES string of the molecule is CCc1cc(F)c(C(=O)O)cc1F. The Hall–Kier alpha value is -1.45. The Balaban J connectivity index is 3.28. The highest BCUT2D eigenvalue weighted by Crippen LogP contribution is 2.15. The van der Waals surface area contributed by atoms with Crippen molar-refractivity contribution in [3.63, 3.8) is 0 Å². The van der Waals surface area contributed by atoms with Gasteiger partial charge in [0, 0.05) is 0 Å². The van der Waals surface area contributed by atoms with Crippen molar-refractivity contribution in [2.75, 3.05) is 0 Å². The van der Waals surface area contributed by atoms with Gasteiger partial charge in [-0.1, -0.05) is 6.92 Å². The quantitative estimate of drug-likeness (QED) is 0.768. The summed E-state index contributed by atoms with van der Waals surface area (Å²) < 4.78 is 25.9. The highest BCUT2D eigenvalue weighted by molar-refractivity contribution is 5.87. The van der Waals surface area contributed by atoms with Crippen molar-refractivity contribution in [2.24, 2.45) is 0 Å². The van der Waals surface area contributed by atoms with Crippen LogP contribution in [-0.2, 0) is 6.42 Å². The molecule has 1 rings (SSSR count). The average Bonchev–Trinajstić information content (AvgIpc) is 2.07. The van der Waals surface area contributed by atoms with Gasteiger partial charge in [-0.3, -0.25) is 0 Å². The molecule has 13 heavy (non-hydrogen) atoms. The molecule has 0 heterocycles. The fourth-order valence-corrected chi connectivity index (χ4v) is 1.02. The van der Waals surface area contributed by atoms with Crippen molar-refractivity contribution in [1.82, 2.24) is 0 Å². The lowest BCUT2D eigenvalue weighted by atomic mass is 10.1. The van der Waals surface area contributed by atoms with Crippen molar-refractivity contribution >= 4 is 5.97 Å².